The zero-order valence-corrected chi connectivity index (χ0v) is 12.1. The molecule has 0 aliphatic carbocycles. The summed E-state index contributed by atoms with van der Waals surface area (Å²) >= 11 is 0. The number of nitrogens with zero attached hydrogens (tertiary/aromatic N) is 1. The fourth-order valence-electron chi connectivity index (χ4n) is 2.31. The van der Waals surface area contributed by atoms with Gasteiger partial charge in [-0.05, 0) is 25.0 Å². The molecule has 1 unspecified atom stereocenters. The van der Waals surface area contributed by atoms with Gasteiger partial charge in [-0.2, -0.15) is 4.31 Å². The molecule has 1 fully saturated rings. The summed E-state index contributed by atoms with van der Waals surface area (Å²) in [6.07, 6.45) is 2.49. The fourth-order valence-corrected chi connectivity index (χ4v) is 3.93. The van der Waals surface area contributed by atoms with Crippen LogP contribution in [0.3, 0.4) is 0 Å². The van der Waals surface area contributed by atoms with Crippen LogP contribution in [0.15, 0.2) is 21.6 Å². The van der Waals surface area contributed by atoms with Crippen molar-refractivity contribution >= 4 is 16.0 Å². The van der Waals surface area contributed by atoms with Crippen LogP contribution in [0, 0.1) is 0 Å². The molecule has 1 aromatic heterocycles. The number of sulfonamides is 1. The van der Waals surface area contributed by atoms with E-state index in [0.29, 0.717) is 6.54 Å². The normalized spacial score (nSPS) is 20.8. The van der Waals surface area contributed by atoms with Crippen LogP contribution in [0.5, 0.6) is 0 Å². The molecule has 2 N–H and O–H groups in total. The lowest BCUT2D eigenvalue weighted by molar-refractivity contribution is 0.0558. The van der Waals surface area contributed by atoms with Crippen molar-refractivity contribution in [2.24, 2.45) is 5.73 Å². The molecule has 1 aliphatic rings. The van der Waals surface area contributed by atoms with Gasteiger partial charge in [0.15, 0.2) is 0 Å². The van der Waals surface area contributed by atoms with Crippen molar-refractivity contribution in [3.8, 4) is 0 Å². The molecule has 20 heavy (non-hydrogen) atoms. The van der Waals surface area contributed by atoms with E-state index in [0.717, 1.165) is 19.3 Å². The van der Waals surface area contributed by atoms with Crippen LogP contribution in [0.25, 0.3) is 0 Å². The Balaban J connectivity index is 2.29. The third-order valence-electron chi connectivity index (χ3n) is 3.38. The van der Waals surface area contributed by atoms with Gasteiger partial charge in [0.1, 0.15) is 0 Å². The smallest absolute Gasteiger partial charge is 0.374 e. The Bertz CT molecular complexity index is 580. The number of furan rings is 1. The molecule has 1 atom stereocenters. The predicted octanol–water partition coefficient (Wildman–Crippen LogP) is 0.568. The minimum atomic E-state index is -3.77. The number of ether oxygens (including phenoxy) is 1. The van der Waals surface area contributed by atoms with Crippen LogP contribution in [0.4, 0.5) is 0 Å². The maximum absolute atomic E-state index is 12.5. The van der Waals surface area contributed by atoms with Gasteiger partial charge in [0.25, 0.3) is 10.0 Å². The Kier molecular flexibility index (Phi) is 4.46. The van der Waals surface area contributed by atoms with E-state index >= 15 is 0 Å². The molecule has 0 amide bonds. The van der Waals surface area contributed by atoms with Gasteiger partial charge in [-0.1, -0.05) is 6.42 Å². The maximum Gasteiger partial charge on any atom is 0.374 e. The first kappa shape index (κ1) is 15.0. The number of carbonyl (C=O) groups excluding carboxylic acids is 1. The van der Waals surface area contributed by atoms with E-state index in [9.17, 15) is 13.2 Å². The fraction of sp³-hybridized carbons (Fsp3) is 0.583. The highest BCUT2D eigenvalue weighted by molar-refractivity contribution is 7.89. The zero-order chi connectivity index (χ0) is 14.8. The first-order chi connectivity index (χ1) is 9.50. The van der Waals surface area contributed by atoms with E-state index in [2.05, 4.69) is 4.74 Å². The first-order valence-corrected chi connectivity index (χ1v) is 7.84. The number of methoxy groups -OCH3 is 1. The molecule has 112 valence electrons. The Morgan fingerprint density at radius 1 is 1.50 bits per heavy atom. The Hall–Kier alpha value is -1.38. The third-order valence-corrected chi connectivity index (χ3v) is 5.20. The minimum absolute atomic E-state index is 0.132. The van der Waals surface area contributed by atoms with Crippen molar-refractivity contribution in [1.29, 1.82) is 0 Å². The number of piperidine rings is 1. The Morgan fingerprint density at radius 3 is 2.90 bits per heavy atom. The molecular formula is C12H18N2O5S. The predicted molar refractivity (Wildman–Crippen MR) is 70.6 cm³/mol. The zero-order valence-electron chi connectivity index (χ0n) is 11.2. The number of esters is 1. The van der Waals surface area contributed by atoms with E-state index < -0.39 is 16.0 Å². The number of hydrogen-bond acceptors (Lipinski definition) is 6. The molecule has 2 rings (SSSR count). The SMILES string of the molecule is COC(=O)c1ccc(S(=O)(=O)N2CCCCC2CN)o1. The number of rotatable bonds is 4. The molecule has 0 aromatic carbocycles. The van der Waals surface area contributed by atoms with Gasteiger partial charge in [0.05, 0.1) is 7.11 Å². The topological polar surface area (TPSA) is 103 Å². The van der Waals surface area contributed by atoms with E-state index in [1.54, 1.807) is 0 Å². The molecule has 2 heterocycles. The lowest BCUT2D eigenvalue weighted by atomic mass is 10.1. The van der Waals surface area contributed by atoms with Crippen molar-refractivity contribution in [2.75, 3.05) is 20.2 Å². The van der Waals surface area contributed by atoms with Gasteiger partial charge in [0.2, 0.25) is 10.9 Å². The van der Waals surface area contributed by atoms with Crippen molar-refractivity contribution in [1.82, 2.24) is 4.31 Å². The second-order valence-corrected chi connectivity index (χ2v) is 6.43. The summed E-state index contributed by atoms with van der Waals surface area (Å²) in [4.78, 5) is 11.3. The van der Waals surface area contributed by atoms with Gasteiger partial charge in [-0.15, -0.1) is 0 Å². The van der Waals surface area contributed by atoms with Crippen molar-refractivity contribution < 1.29 is 22.4 Å². The molecule has 1 aliphatic heterocycles. The van der Waals surface area contributed by atoms with E-state index in [4.69, 9.17) is 10.2 Å². The summed E-state index contributed by atoms with van der Waals surface area (Å²) in [5.74, 6) is -0.840. The van der Waals surface area contributed by atoms with Crippen LogP contribution < -0.4 is 5.73 Å². The molecule has 0 radical (unpaired) electrons. The highest BCUT2D eigenvalue weighted by Crippen LogP contribution is 2.26. The van der Waals surface area contributed by atoms with Gasteiger partial charge in [-0.25, -0.2) is 13.2 Å². The average molecular weight is 302 g/mol. The van der Waals surface area contributed by atoms with Gasteiger partial charge >= 0.3 is 5.97 Å². The minimum Gasteiger partial charge on any atom is -0.463 e. The third kappa shape index (κ3) is 2.72. The van der Waals surface area contributed by atoms with E-state index in [1.807, 2.05) is 0 Å². The van der Waals surface area contributed by atoms with Crippen LogP contribution >= 0.6 is 0 Å². The van der Waals surface area contributed by atoms with Gasteiger partial charge in [0, 0.05) is 19.1 Å². The van der Waals surface area contributed by atoms with E-state index in [1.165, 1.54) is 23.5 Å². The first-order valence-electron chi connectivity index (χ1n) is 6.40. The Morgan fingerprint density at radius 2 is 2.25 bits per heavy atom. The lowest BCUT2D eigenvalue weighted by Gasteiger charge is -2.32. The molecule has 0 spiro atoms. The number of carbonyl (C=O) groups is 1. The highest BCUT2D eigenvalue weighted by atomic mass is 32.2. The lowest BCUT2D eigenvalue weighted by Crippen LogP contribution is -2.47. The molecular weight excluding hydrogens is 284 g/mol. The standard InChI is InChI=1S/C12H18N2O5S/c1-18-12(15)10-5-6-11(19-10)20(16,17)14-7-3-2-4-9(14)8-13/h5-6,9H,2-4,7-8,13H2,1H3. The summed E-state index contributed by atoms with van der Waals surface area (Å²) in [6, 6.07) is 2.34. The van der Waals surface area contributed by atoms with Crippen molar-refractivity contribution in [3.05, 3.63) is 17.9 Å². The molecule has 1 aromatic rings. The Labute approximate surface area is 117 Å². The number of nitrogens with two attached hydrogens (primary N) is 1. The summed E-state index contributed by atoms with van der Waals surface area (Å²) in [5.41, 5.74) is 5.63. The van der Waals surface area contributed by atoms with Crippen molar-refractivity contribution in [2.45, 2.75) is 30.4 Å². The van der Waals surface area contributed by atoms with Gasteiger partial charge < -0.3 is 14.9 Å². The summed E-state index contributed by atoms with van der Waals surface area (Å²) in [7, 11) is -2.56. The van der Waals surface area contributed by atoms with Crippen molar-refractivity contribution in [3.63, 3.8) is 0 Å². The maximum atomic E-state index is 12.5. The molecule has 0 bridgehead atoms. The summed E-state index contributed by atoms with van der Waals surface area (Å²) in [5, 5.41) is -0.252. The largest absolute Gasteiger partial charge is 0.463 e. The van der Waals surface area contributed by atoms with Crippen LogP contribution in [-0.2, 0) is 14.8 Å². The monoisotopic (exact) mass is 302 g/mol. The van der Waals surface area contributed by atoms with Crippen LogP contribution in [-0.4, -0.2) is 44.9 Å². The van der Waals surface area contributed by atoms with Crippen LogP contribution in [0.2, 0.25) is 0 Å². The molecule has 8 heteroatoms. The van der Waals surface area contributed by atoms with E-state index in [-0.39, 0.29) is 23.4 Å². The number of hydrogen-bond donors (Lipinski definition) is 1. The highest BCUT2D eigenvalue weighted by Gasteiger charge is 2.35. The second kappa shape index (κ2) is 5.94. The van der Waals surface area contributed by atoms with Gasteiger partial charge in [-0.3, -0.25) is 0 Å². The second-order valence-electron chi connectivity index (χ2n) is 4.61. The molecule has 7 nitrogen and oxygen atoms in total. The average Bonchev–Trinajstić information content (AvgIpc) is 2.97. The van der Waals surface area contributed by atoms with Crippen LogP contribution in [0.1, 0.15) is 29.8 Å². The molecule has 1 saturated heterocycles. The quantitative estimate of drug-likeness (QED) is 0.816. The summed E-state index contributed by atoms with van der Waals surface area (Å²) < 4.78 is 36.0. The summed E-state index contributed by atoms with van der Waals surface area (Å²) in [6.45, 7) is 0.683. The molecule has 0 saturated carbocycles.